The third-order valence-electron chi connectivity index (χ3n) is 4.15. The fourth-order valence-corrected chi connectivity index (χ4v) is 2.47. The van der Waals surface area contributed by atoms with Crippen LogP contribution in [0.4, 0.5) is 4.79 Å². The minimum Gasteiger partial charge on any atom is -0.480 e. The van der Waals surface area contributed by atoms with Crippen LogP contribution in [0.2, 0.25) is 0 Å². The highest BCUT2D eigenvalue weighted by molar-refractivity contribution is 5.83. The molecule has 1 aliphatic carbocycles. The number of β-amino-alcohol motifs (C(OH)–C–C–N with tert-alkyl or cyclic N) is 1. The van der Waals surface area contributed by atoms with Gasteiger partial charge in [-0.3, -0.25) is 0 Å². The maximum Gasteiger partial charge on any atom is 0.326 e. The molecule has 0 bridgehead atoms. The van der Waals surface area contributed by atoms with Crippen LogP contribution in [0, 0.1) is 5.41 Å². The van der Waals surface area contributed by atoms with Gasteiger partial charge < -0.3 is 20.4 Å². The Morgan fingerprint density at radius 2 is 2.11 bits per heavy atom. The predicted octanol–water partition coefficient (Wildman–Crippen LogP) is 0.406. The normalized spacial score (nSPS) is 29.1. The molecular formula is C12H20N2O4. The summed E-state index contributed by atoms with van der Waals surface area (Å²) in [5.74, 6) is -1.06. The van der Waals surface area contributed by atoms with Gasteiger partial charge in [-0.2, -0.15) is 0 Å². The van der Waals surface area contributed by atoms with Crippen LogP contribution >= 0.6 is 0 Å². The highest BCUT2D eigenvalue weighted by Gasteiger charge is 2.43. The number of aliphatic hydroxyl groups is 1. The second kappa shape index (κ2) is 4.76. The second-order valence-electron chi connectivity index (χ2n) is 5.41. The fourth-order valence-electron chi connectivity index (χ4n) is 2.47. The van der Waals surface area contributed by atoms with Crippen molar-refractivity contribution >= 4 is 12.0 Å². The highest BCUT2D eigenvalue weighted by Crippen LogP contribution is 2.47. The molecule has 0 unspecified atom stereocenters. The first-order valence-electron chi connectivity index (χ1n) is 6.43. The lowest BCUT2D eigenvalue weighted by Crippen LogP contribution is -2.47. The number of nitrogens with zero attached hydrogens (tertiary/aromatic N) is 1. The molecule has 0 aromatic rings. The largest absolute Gasteiger partial charge is 0.480 e. The molecule has 1 aliphatic heterocycles. The summed E-state index contributed by atoms with van der Waals surface area (Å²) >= 11 is 0. The Labute approximate surface area is 106 Å². The number of aliphatic carboxylic acids is 1. The number of likely N-dealkylation sites (tertiary alicyclic amines) is 1. The molecule has 6 heteroatoms. The lowest BCUT2D eigenvalue weighted by Gasteiger charge is -2.23. The summed E-state index contributed by atoms with van der Waals surface area (Å²) in [4.78, 5) is 24.2. The first-order chi connectivity index (χ1) is 8.47. The number of rotatable bonds is 4. The van der Waals surface area contributed by atoms with Gasteiger partial charge in [0.25, 0.3) is 0 Å². The number of amides is 2. The summed E-state index contributed by atoms with van der Waals surface area (Å²) in [5.41, 5.74) is 0.229. The third-order valence-corrected chi connectivity index (χ3v) is 4.15. The number of nitrogens with one attached hydrogen (secondary N) is 1. The van der Waals surface area contributed by atoms with Crippen molar-refractivity contribution in [1.29, 1.82) is 0 Å². The predicted molar refractivity (Wildman–Crippen MR) is 64.1 cm³/mol. The number of aliphatic hydroxyl groups excluding tert-OH is 1. The van der Waals surface area contributed by atoms with E-state index >= 15 is 0 Å². The molecule has 2 aliphatic rings. The Morgan fingerprint density at radius 1 is 1.44 bits per heavy atom. The molecule has 2 rings (SSSR count). The van der Waals surface area contributed by atoms with Gasteiger partial charge in [-0.25, -0.2) is 9.59 Å². The van der Waals surface area contributed by atoms with Gasteiger partial charge in [-0.1, -0.05) is 6.92 Å². The van der Waals surface area contributed by atoms with Gasteiger partial charge in [0.05, 0.1) is 6.10 Å². The van der Waals surface area contributed by atoms with Crippen molar-refractivity contribution in [2.24, 2.45) is 5.41 Å². The van der Waals surface area contributed by atoms with Crippen LogP contribution in [-0.2, 0) is 4.79 Å². The molecule has 1 heterocycles. The fraction of sp³-hybridized carbons (Fsp3) is 0.833. The molecule has 1 saturated heterocycles. The van der Waals surface area contributed by atoms with Gasteiger partial charge in [0.15, 0.2) is 0 Å². The zero-order chi connectivity index (χ0) is 13.3. The summed E-state index contributed by atoms with van der Waals surface area (Å²) in [5, 5.41) is 21.3. The van der Waals surface area contributed by atoms with Crippen molar-refractivity contribution in [3.63, 3.8) is 0 Å². The zero-order valence-corrected chi connectivity index (χ0v) is 10.6. The number of hydrogen-bond donors (Lipinski definition) is 3. The molecule has 1 saturated carbocycles. The minimum atomic E-state index is -1.06. The second-order valence-corrected chi connectivity index (χ2v) is 5.41. The molecule has 2 amide bonds. The molecule has 2 atom stereocenters. The van der Waals surface area contributed by atoms with Gasteiger partial charge in [0.2, 0.25) is 0 Å². The number of carbonyl (C=O) groups excluding carboxylic acids is 1. The summed E-state index contributed by atoms with van der Waals surface area (Å²) in [6.45, 7) is 2.79. The quantitative estimate of drug-likeness (QED) is 0.679. The summed E-state index contributed by atoms with van der Waals surface area (Å²) in [7, 11) is 0. The number of carboxylic acids is 1. The number of hydrogen-bond acceptors (Lipinski definition) is 3. The van der Waals surface area contributed by atoms with Crippen molar-refractivity contribution in [3.05, 3.63) is 0 Å². The lowest BCUT2D eigenvalue weighted by atomic mass is 10.0. The van der Waals surface area contributed by atoms with Crippen molar-refractivity contribution < 1.29 is 19.8 Å². The van der Waals surface area contributed by atoms with Crippen molar-refractivity contribution in [2.75, 3.05) is 13.1 Å². The standard InChI is InChI=1S/C12H20N2O4/c1-2-12(3-4-12)7-13-11(18)14-6-8(15)5-9(14)10(16)17/h8-9,15H,2-7H2,1H3,(H,13,18)(H,16,17)/t8-,9+/m1/s1. The van der Waals surface area contributed by atoms with Crippen LogP contribution < -0.4 is 5.32 Å². The van der Waals surface area contributed by atoms with Gasteiger partial charge in [0.1, 0.15) is 6.04 Å². The Morgan fingerprint density at radius 3 is 2.61 bits per heavy atom. The van der Waals surface area contributed by atoms with Crippen LogP contribution in [0.15, 0.2) is 0 Å². The van der Waals surface area contributed by atoms with Gasteiger partial charge >= 0.3 is 12.0 Å². The number of urea groups is 1. The molecule has 0 spiro atoms. The monoisotopic (exact) mass is 256 g/mol. The molecule has 6 nitrogen and oxygen atoms in total. The Hall–Kier alpha value is -1.30. The maximum absolute atomic E-state index is 11.9. The molecule has 18 heavy (non-hydrogen) atoms. The van der Waals surface area contributed by atoms with E-state index in [-0.39, 0.29) is 24.4 Å². The van der Waals surface area contributed by atoms with E-state index in [1.54, 1.807) is 0 Å². The van der Waals surface area contributed by atoms with Crippen molar-refractivity contribution in [3.8, 4) is 0 Å². The first-order valence-corrected chi connectivity index (χ1v) is 6.43. The molecule has 0 aromatic carbocycles. The van der Waals surface area contributed by atoms with E-state index in [0.717, 1.165) is 19.3 Å². The summed E-state index contributed by atoms with van der Waals surface area (Å²) in [6.07, 6.45) is 2.64. The van der Waals surface area contributed by atoms with E-state index in [9.17, 15) is 14.7 Å². The molecule has 3 N–H and O–H groups in total. The average Bonchev–Trinajstić information content (AvgIpc) is 3.01. The maximum atomic E-state index is 11.9. The lowest BCUT2D eigenvalue weighted by molar-refractivity contribution is -0.141. The van der Waals surface area contributed by atoms with E-state index in [4.69, 9.17) is 5.11 Å². The van der Waals surface area contributed by atoms with Crippen molar-refractivity contribution in [1.82, 2.24) is 10.2 Å². The molecule has 0 radical (unpaired) electrons. The van der Waals surface area contributed by atoms with E-state index in [2.05, 4.69) is 12.2 Å². The van der Waals surface area contributed by atoms with E-state index in [1.807, 2.05) is 0 Å². The van der Waals surface area contributed by atoms with Crippen LogP contribution in [-0.4, -0.2) is 52.3 Å². The van der Waals surface area contributed by atoms with Crippen molar-refractivity contribution in [2.45, 2.75) is 44.8 Å². The van der Waals surface area contributed by atoms with Crippen LogP contribution in [0.3, 0.4) is 0 Å². The molecule has 0 aromatic heterocycles. The molecule has 102 valence electrons. The van der Waals surface area contributed by atoms with E-state index in [1.165, 1.54) is 4.90 Å². The van der Waals surface area contributed by atoms with Gasteiger partial charge in [0, 0.05) is 19.5 Å². The smallest absolute Gasteiger partial charge is 0.326 e. The summed E-state index contributed by atoms with van der Waals surface area (Å²) in [6, 6.07) is -1.28. The van der Waals surface area contributed by atoms with Crippen LogP contribution in [0.1, 0.15) is 32.6 Å². The topological polar surface area (TPSA) is 89.9 Å². The molecular weight excluding hydrogens is 236 g/mol. The number of carbonyl (C=O) groups is 2. The van der Waals surface area contributed by atoms with Crippen LogP contribution in [0.5, 0.6) is 0 Å². The highest BCUT2D eigenvalue weighted by atomic mass is 16.4. The van der Waals surface area contributed by atoms with Gasteiger partial charge in [-0.05, 0) is 24.7 Å². The zero-order valence-electron chi connectivity index (χ0n) is 10.6. The Balaban J connectivity index is 1.89. The SMILES string of the molecule is CCC1(CNC(=O)N2C[C@H](O)C[C@H]2C(=O)O)CC1. The average molecular weight is 256 g/mol. The van der Waals surface area contributed by atoms with Gasteiger partial charge in [-0.15, -0.1) is 0 Å². The number of carboxylic acid groups (broad SMARTS) is 1. The summed E-state index contributed by atoms with van der Waals surface area (Å²) < 4.78 is 0. The van der Waals surface area contributed by atoms with Crippen LogP contribution in [0.25, 0.3) is 0 Å². The third kappa shape index (κ3) is 2.58. The minimum absolute atomic E-state index is 0.0991. The first kappa shape index (κ1) is 13.1. The molecule has 2 fully saturated rings. The Kier molecular flexibility index (Phi) is 3.47. The Bertz CT molecular complexity index is 354. The van der Waals surface area contributed by atoms with E-state index in [0.29, 0.717) is 6.54 Å². The van der Waals surface area contributed by atoms with E-state index < -0.39 is 18.1 Å².